The number of amides is 1. The smallest absolute Gasteiger partial charge is 0.303 e. The van der Waals surface area contributed by atoms with E-state index in [4.69, 9.17) is 5.11 Å². The van der Waals surface area contributed by atoms with Gasteiger partial charge in [-0.3, -0.25) is 9.59 Å². The summed E-state index contributed by atoms with van der Waals surface area (Å²) >= 11 is 0. The summed E-state index contributed by atoms with van der Waals surface area (Å²) in [5, 5.41) is 14.3. The van der Waals surface area contributed by atoms with Crippen molar-refractivity contribution in [2.75, 3.05) is 13.6 Å². The Balaban J connectivity index is 2.30. The number of rotatable bonds is 8. The Morgan fingerprint density at radius 1 is 1.16 bits per heavy atom. The van der Waals surface area contributed by atoms with Gasteiger partial charge in [0.2, 0.25) is 0 Å². The van der Waals surface area contributed by atoms with Crippen LogP contribution in [0.25, 0.3) is 0 Å². The average Bonchev–Trinajstić information content (AvgIpc) is 2.39. The second-order valence-corrected chi connectivity index (χ2v) is 4.33. The summed E-state index contributed by atoms with van der Waals surface area (Å²) in [7, 11) is 1.87. The molecule has 0 bridgehead atoms. The second kappa shape index (κ2) is 8.26. The minimum atomic E-state index is -0.800. The van der Waals surface area contributed by atoms with Crippen LogP contribution in [-0.2, 0) is 11.3 Å². The molecule has 3 N–H and O–H groups in total. The molecule has 0 aliphatic rings. The highest BCUT2D eigenvalue weighted by molar-refractivity contribution is 5.94. The van der Waals surface area contributed by atoms with E-state index in [-0.39, 0.29) is 12.3 Å². The van der Waals surface area contributed by atoms with E-state index in [0.29, 0.717) is 24.9 Å². The molecular weight excluding hydrogens is 244 g/mol. The molecule has 0 atom stereocenters. The highest BCUT2D eigenvalue weighted by Crippen LogP contribution is 2.04. The zero-order valence-electron chi connectivity index (χ0n) is 11.1. The van der Waals surface area contributed by atoms with E-state index < -0.39 is 5.97 Å². The van der Waals surface area contributed by atoms with Crippen molar-refractivity contribution < 1.29 is 14.7 Å². The number of carbonyl (C=O) groups is 2. The molecule has 1 aromatic carbocycles. The fraction of sp³-hybridized carbons (Fsp3) is 0.429. The van der Waals surface area contributed by atoms with Crippen molar-refractivity contribution in [3.8, 4) is 0 Å². The van der Waals surface area contributed by atoms with Crippen molar-refractivity contribution in [3.05, 3.63) is 35.4 Å². The third kappa shape index (κ3) is 6.01. The third-order valence-corrected chi connectivity index (χ3v) is 2.70. The minimum absolute atomic E-state index is 0.119. The predicted octanol–water partition coefficient (Wildman–Crippen LogP) is 1.39. The summed E-state index contributed by atoms with van der Waals surface area (Å²) in [5.74, 6) is -0.919. The first-order valence-electron chi connectivity index (χ1n) is 6.37. The molecule has 0 unspecified atom stereocenters. The highest BCUT2D eigenvalue weighted by atomic mass is 16.4. The molecule has 5 heteroatoms. The molecule has 104 valence electrons. The summed E-state index contributed by atoms with van der Waals surface area (Å²) < 4.78 is 0. The number of hydrogen-bond donors (Lipinski definition) is 3. The zero-order valence-corrected chi connectivity index (χ0v) is 11.1. The van der Waals surface area contributed by atoms with Gasteiger partial charge in [0.25, 0.3) is 5.91 Å². The van der Waals surface area contributed by atoms with Gasteiger partial charge in [-0.2, -0.15) is 0 Å². The Morgan fingerprint density at radius 2 is 1.84 bits per heavy atom. The van der Waals surface area contributed by atoms with Crippen LogP contribution in [0.3, 0.4) is 0 Å². The van der Waals surface area contributed by atoms with Crippen LogP contribution in [0.15, 0.2) is 24.3 Å². The molecule has 0 fully saturated rings. The molecule has 0 aliphatic carbocycles. The molecule has 0 heterocycles. The summed E-state index contributed by atoms with van der Waals surface area (Å²) in [5.41, 5.74) is 1.75. The average molecular weight is 264 g/mol. The first-order valence-corrected chi connectivity index (χ1v) is 6.37. The number of carboxylic acids is 1. The molecule has 1 rings (SSSR count). The van der Waals surface area contributed by atoms with E-state index in [0.717, 1.165) is 12.1 Å². The first kappa shape index (κ1) is 15.2. The number of hydrogen-bond acceptors (Lipinski definition) is 3. The van der Waals surface area contributed by atoms with E-state index in [1.165, 1.54) is 0 Å². The Hall–Kier alpha value is -1.88. The Bertz CT molecular complexity index is 415. The van der Waals surface area contributed by atoms with Gasteiger partial charge in [-0.05, 0) is 37.6 Å². The highest BCUT2D eigenvalue weighted by Gasteiger charge is 2.04. The van der Waals surface area contributed by atoms with Crippen LogP contribution in [0.4, 0.5) is 0 Å². The maximum Gasteiger partial charge on any atom is 0.303 e. The molecule has 0 saturated carbocycles. The van der Waals surface area contributed by atoms with Crippen LogP contribution >= 0.6 is 0 Å². The first-order chi connectivity index (χ1) is 9.13. The van der Waals surface area contributed by atoms with Crippen molar-refractivity contribution in [3.63, 3.8) is 0 Å². The topological polar surface area (TPSA) is 78.4 Å². The lowest BCUT2D eigenvalue weighted by molar-refractivity contribution is -0.137. The van der Waals surface area contributed by atoms with Gasteiger partial charge in [0.1, 0.15) is 0 Å². The van der Waals surface area contributed by atoms with E-state index in [1.807, 2.05) is 19.2 Å². The summed E-state index contributed by atoms with van der Waals surface area (Å²) in [6.45, 7) is 1.28. The van der Waals surface area contributed by atoms with Crippen LogP contribution in [0.2, 0.25) is 0 Å². The van der Waals surface area contributed by atoms with Crippen molar-refractivity contribution in [1.82, 2.24) is 10.6 Å². The van der Waals surface area contributed by atoms with E-state index in [1.54, 1.807) is 12.1 Å². The molecule has 1 amide bonds. The molecule has 0 aromatic heterocycles. The molecule has 1 aromatic rings. The fourth-order valence-corrected chi connectivity index (χ4v) is 1.68. The van der Waals surface area contributed by atoms with Gasteiger partial charge in [-0.25, -0.2) is 0 Å². The van der Waals surface area contributed by atoms with Crippen LogP contribution in [0, 0.1) is 0 Å². The molecule has 5 nitrogen and oxygen atoms in total. The van der Waals surface area contributed by atoms with Gasteiger partial charge in [-0.15, -0.1) is 0 Å². The van der Waals surface area contributed by atoms with E-state index in [2.05, 4.69) is 10.6 Å². The van der Waals surface area contributed by atoms with Crippen LogP contribution in [-0.4, -0.2) is 30.6 Å². The Kier molecular flexibility index (Phi) is 6.60. The third-order valence-electron chi connectivity index (χ3n) is 2.70. The van der Waals surface area contributed by atoms with Crippen LogP contribution in [0.5, 0.6) is 0 Å². The van der Waals surface area contributed by atoms with E-state index in [9.17, 15) is 9.59 Å². The molecule has 0 radical (unpaired) electrons. The quantitative estimate of drug-likeness (QED) is 0.620. The van der Waals surface area contributed by atoms with Gasteiger partial charge in [-0.1, -0.05) is 12.1 Å². The Morgan fingerprint density at radius 3 is 2.42 bits per heavy atom. The van der Waals surface area contributed by atoms with Gasteiger partial charge in [0.05, 0.1) is 0 Å². The zero-order chi connectivity index (χ0) is 14.1. The molecule has 0 aliphatic heterocycles. The van der Waals surface area contributed by atoms with Gasteiger partial charge in [0, 0.05) is 25.1 Å². The lowest BCUT2D eigenvalue weighted by Crippen LogP contribution is -2.24. The second-order valence-electron chi connectivity index (χ2n) is 4.33. The van der Waals surface area contributed by atoms with Gasteiger partial charge in [0.15, 0.2) is 0 Å². The van der Waals surface area contributed by atoms with Crippen molar-refractivity contribution in [2.45, 2.75) is 25.8 Å². The molecular formula is C14H20N2O3. The predicted molar refractivity (Wildman–Crippen MR) is 73.0 cm³/mol. The maximum absolute atomic E-state index is 11.8. The summed E-state index contributed by atoms with van der Waals surface area (Å²) in [4.78, 5) is 22.1. The van der Waals surface area contributed by atoms with Crippen LogP contribution in [0.1, 0.15) is 35.2 Å². The molecule has 19 heavy (non-hydrogen) atoms. The lowest BCUT2D eigenvalue weighted by atomic mass is 10.1. The molecule has 0 saturated heterocycles. The Labute approximate surface area is 113 Å². The lowest BCUT2D eigenvalue weighted by Gasteiger charge is -2.06. The fourth-order valence-electron chi connectivity index (χ4n) is 1.68. The number of unbranched alkanes of at least 4 members (excludes halogenated alkanes) is 1. The SMILES string of the molecule is CNCc1ccc(C(=O)NCCCCC(=O)O)cc1. The number of carboxylic acid groups (broad SMARTS) is 1. The number of aliphatic carboxylic acids is 1. The van der Waals surface area contributed by atoms with Crippen molar-refractivity contribution in [2.24, 2.45) is 0 Å². The maximum atomic E-state index is 11.8. The normalized spacial score (nSPS) is 10.2. The van der Waals surface area contributed by atoms with E-state index >= 15 is 0 Å². The van der Waals surface area contributed by atoms with Gasteiger partial charge >= 0.3 is 5.97 Å². The van der Waals surface area contributed by atoms with Crippen LogP contribution < -0.4 is 10.6 Å². The minimum Gasteiger partial charge on any atom is -0.481 e. The number of benzene rings is 1. The summed E-state index contributed by atoms with van der Waals surface area (Å²) in [6, 6.07) is 7.41. The largest absolute Gasteiger partial charge is 0.481 e. The number of nitrogens with one attached hydrogen (secondary N) is 2. The molecule has 0 spiro atoms. The van der Waals surface area contributed by atoms with Gasteiger partial charge < -0.3 is 15.7 Å². The monoisotopic (exact) mass is 264 g/mol. The standard InChI is InChI=1S/C14H20N2O3/c1-15-10-11-5-7-12(8-6-11)14(19)16-9-3-2-4-13(17)18/h5-8,15H,2-4,9-10H2,1H3,(H,16,19)(H,17,18). The van der Waals surface area contributed by atoms with Crippen molar-refractivity contribution in [1.29, 1.82) is 0 Å². The van der Waals surface area contributed by atoms with Crippen molar-refractivity contribution >= 4 is 11.9 Å². The summed E-state index contributed by atoms with van der Waals surface area (Å²) in [6.07, 6.45) is 1.40. The number of carbonyl (C=O) groups excluding carboxylic acids is 1.